The first-order valence-electron chi connectivity index (χ1n) is 8.90. The summed E-state index contributed by atoms with van der Waals surface area (Å²) < 4.78 is 5.98. The van der Waals surface area contributed by atoms with Gasteiger partial charge in [-0.1, -0.05) is 24.3 Å². The summed E-state index contributed by atoms with van der Waals surface area (Å²) >= 11 is 0. The van der Waals surface area contributed by atoms with Crippen LogP contribution >= 0.6 is 0 Å². The van der Waals surface area contributed by atoms with Crippen molar-refractivity contribution in [2.24, 2.45) is 0 Å². The van der Waals surface area contributed by atoms with Crippen LogP contribution in [0.2, 0.25) is 0 Å². The molecular formula is C21H23NO2. The maximum absolute atomic E-state index is 12.8. The molecule has 0 spiro atoms. The maximum Gasteiger partial charge on any atom is 0.267 e. The number of amides is 1. The lowest BCUT2D eigenvalue weighted by molar-refractivity contribution is -0.124. The monoisotopic (exact) mass is 321 g/mol. The summed E-state index contributed by atoms with van der Waals surface area (Å²) in [5.74, 6) is 0.849. The molecule has 0 fully saturated rings. The number of aryl methyl sites for hydroxylation is 2. The number of carbonyl (C=O) groups is 1. The number of carbonyl (C=O) groups excluding carboxylic acids is 1. The summed E-state index contributed by atoms with van der Waals surface area (Å²) in [5, 5.41) is 0. The van der Waals surface area contributed by atoms with Crippen molar-refractivity contribution >= 4 is 11.6 Å². The van der Waals surface area contributed by atoms with E-state index in [1.54, 1.807) is 0 Å². The number of rotatable bonds is 3. The number of ether oxygens (including phenoxy) is 1. The van der Waals surface area contributed by atoms with Gasteiger partial charge in [0.2, 0.25) is 0 Å². The third-order valence-corrected chi connectivity index (χ3v) is 5.13. The largest absolute Gasteiger partial charge is 0.481 e. The predicted molar refractivity (Wildman–Crippen MR) is 95.7 cm³/mol. The molecule has 3 heteroatoms. The highest BCUT2D eigenvalue weighted by atomic mass is 16.5. The second-order valence-electron chi connectivity index (χ2n) is 6.77. The fourth-order valence-corrected chi connectivity index (χ4v) is 3.82. The molecular weight excluding hydrogens is 298 g/mol. The first-order valence-corrected chi connectivity index (χ1v) is 8.90. The van der Waals surface area contributed by atoms with Crippen molar-refractivity contribution in [1.82, 2.24) is 0 Å². The van der Waals surface area contributed by atoms with Gasteiger partial charge in [-0.2, -0.15) is 0 Å². The molecule has 1 amide bonds. The first-order chi connectivity index (χ1) is 11.7. The van der Waals surface area contributed by atoms with Gasteiger partial charge >= 0.3 is 0 Å². The van der Waals surface area contributed by atoms with Gasteiger partial charge in [0.1, 0.15) is 5.75 Å². The Bertz CT molecular complexity index is 768. The Hall–Kier alpha value is -2.29. The van der Waals surface area contributed by atoms with Crippen LogP contribution in [0.5, 0.6) is 5.75 Å². The second kappa shape index (κ2) is 6.31. The highest BCUT2D eigenvalue weighted by molar-refractivity contribution is 5.98. The van der Waals surface area contributed by atoms with Gasteiger partial charge in [0.25, 0.3) is 5.91 Å². The molecule has 0 N–H and O–H groups in total. The van der Waals surface area contributed by atoms with Crippen LogP contribution in [0, 0.1) is 0 Å². The summed E-state index contributed by atoms with van der Waals surface area (Å²) in [7, 11) is 0. The average Bonchev–Trinajstić information content (AvgIpc) is 3.05. The van der Waals surface area contributed by atoms with E-state index in [1.807, 2.05) is 36.1 Å². The quantitative estimate of drug-likeness (QED) is 0.857. The Morgan fingerprint density at radius 2 is 1.79 bits per heavy atom. The highest BCUT2D eigenvalue weighted by Gasteiger charge is 2.28. The van der Waals surface area contributed by atoms with Gasteiger partial charge in [0, 0.05) is 12.2 Å². The summed E-state index contributed by atoms with van der Waals surface area (Å²) in [6, 6.07) is 14.4. The summed E-state index contributed by atoms with van der Waals surface area (Å²) in [5.41, 5.74) is 5.08. The molecule has 1 heterocycles. The van der Waals surface area contributed by atoms with Crippen LogP contribution in [-0.2, 0) is 24.1 Å². The molecule has 0 unspecified atom stereocenters. The minimum atomic E-state index is -0.474. The van der Waals surface area contributed by atoms with Gasteiger partial charge in [-0.15, -0.1) is 0 Å². The van der Waals surface area contributed by atoms with E-state index < -0.39 is 6.10 Å². The Labute approximate surface area is 143 Å². The van der Waals surface area contributed by atoms with Gasteiger partial charge in [-0.3, -0.25) is 4.79 Å². The Morgan fingerprint density at radius 1 is 1.00 bits per heavy atom. The van der Waals surface area contributed by atoms with Crippen LogP contribution in [0.25, 0.3) is 0 Å². The normalized spacial score (nSPS) is 17.1. The summed E-state index contributed by atoms with van der Waals surface area (Å²) in [4.78, 5) is 14.7. The Balaban J connectivity index is 1.48. The number of benzene rings is 2. The standard InChI is InChI=1S/C21H23NO2/c1-15(21(23)22-13-12-17-7-4-5-9-20(17)22)24-19-11-10-16-6-2-3-8-18(16)14-19/h4-5,7,9-11,14-15H,2-3,6,8,12-13H2,1H3/t15-/m0/s1. The van der Waals surface area contributed by atoms with Crippen LogP contribution in [0.4, 0.5) is 5.69 Å². The second-order valence-corrected chi connectivity index (χ2v) is 6.77. The van der Waals surface area contributed by atoms with Crippen molar-refractivity contribution in [2.75, 3.05) is 11.4 Å². The minimum absolute atomic E-state index is 0.0395. The van der Waals surface area contributed by atoms with Crippen molar-refractivity contribution in [3.63, 3.8) is 0 Å². The molecule has 0 radical (unpaired) electrons. The van der Waals surface area contributed by atoms with E-state index in [9.17, 15) is 4.79 Å². The Morgan fingerprint density at radius 3 is 2.67 bits per heavy atom. The average molecular weight is 321 g/mol. The number of para-hydroxylation sites is 1. The number of fused-ring (bicyclic) bond motifs is 2. The number of anilines is 1. The lowest BCUT2D eigenvalue weighted by atomic mass is 9.92. The van der Waals surface area contributed by atoms with Gasteiger partial charge in [0.05, 0.1) is 0 Å². The number of nitrogens with zero attached hydrogens (tertiary/aromatic N) is 1. The molecule has 2 aliphatic rings. The van der Waals surface area contributed by atoms with E-state index >= 15 is 0 Å². The van der Waals surface area contributed by atoms with Crippen LogP contribution in [-0.4, -0.2) is 18.6 Å². The predicted octanol–water partition coefficient (Wildman–Crippen LogP) is 3.92. The van der Waals surface area contributed by atoms with Crippen LogP contribution in [0.3, 0.4) is 0 Å². The zero-order chi connectivity index (χ0) is 16.5. The zero-order valence-corrected chi connectivity index (χ0v) is 14.1. The molecule has 1 atom stereocenters. The third kappa shape index (κ3) is 2.79. The number of hydrogen-bond acceptors (Lipinski definition) is 2. The zero-order valence-electron chi connectivity index (χ0n) is 14.1. The van der Waals surface area contributed by atoms with E-state index in [-0.39, 0.29) is 5.91 Å². The van der Waals surface area contributed by atoms with E-state index in [2.05, 4.69) is 18.2 Å². The SMILES string of the molecule is C[C@H](Oc1ccc2c(c1)CCCC2)C(=O)N1CCc2ccccc21. The van der Waals surface area contributed by atoms with Gasteiger partial charge < -0.3 is 9.64 Å². The van der Waals surface area contributed by atoms with Crippen LogP contribution in [0.15, 0.2) is 42.5 Å². The molecule has 24 heavy (non-hydrogen) atoms. The van der Waals surface area contributed by atoms with Crippen molar-refractivity contribution < 1.29 is 9.53 Å². The lowest BCUT2D eigenvalue weighted by Crippen LogP contribution is -2.39. The van der Waals surface area contributed by atoms with Gasteiger partial charge in [0.15, 0.2) is 6.10 Å². The van der Waals surface area contributed by atoms with Crippen molar-refractivity contribution in [3.05, 3.63) is 59.2 Å². The topological polar surface area (TPSA) is 29.5 Å². The molecule has 2 aromatic rings. The Kier molecular flexibility index (Phi) is 4.01. The fourth-order valence-electron chi connectivity index (χ4n) is 3.82. The summed E-state index contributed by atoms with van der Waals surface area (Å²) in [6.07, 6.45) is 5.25. The minimum Gasteiger partial charge on any atom is -0.481 e. The van der Waals surface area contributed by atoms with Gasteiger partial charge in [-0.05, 0) is 73.9 Å². The fraction of sp³-hybridized carbons (Fsp3) is 0.381. The van der Waals surface area contributed by atoms with Crippen LogP contribution in [0.1, 0.15) is 36.5 Å². The lowest BCUT2D eigenvalue weighted by Gasteiger charge is -2.23. The van der Waals surface area contributed by atoms with E-state index in [1.165, 1.54) is 29.5 Å². The molecule has 2 aromatic carbocycles. The van der Waals surface area contributed by atoms with E-state index in [0.717, 1.165) is 37.2 Å². The molecule has 1 aliphatic heterocycles. The van der Waals surface area contributed by atoms with E-state index in [0.29, 0.717) is 0 Å². The third-order valence-electron chi connectivity index (χ3n) is 5.13. The highest BCUT2D eigenvalue weighted by Crippen LogP contribution is 2.29. The summed E-state index contributed by atoms with van der Waals surface area (Å²) in [6.45, 7) is 2.60. The molecule has 4 rings (SSSR count). The molecule has 0 aromatic heterocycles. The van der Waals surface area contributed by atoms with Crippen molar-refractivity contribution in [1.29, 1.82) is 0 Å². The first kappa shape index (κ1) is 15.3. The molecule has 0 saturated carbocycles. The van der Waals surface area contributed by atoms with Gasteiger partial charge in [-0.25, -0.2) is 0 Å². The smallest absolute Gasteiger partial charge is 0.267 e. The molecule has 1 aliphatic carbocycles. The van der Waals surface area contributed by atoms with Crippen LogP contribution < -0.4 is 9.64 Å². The molecule has 0 bridgehead atoms. The van der Waals surface area contributed by atoms with E-state index in [4.69, 9.17) is 4.74 Å². The molecule has 0 saturated heterocycles. The van der Waals surface area contributed by atoms with Crippen molar-refractivity contribution in [2.45, 2.75) is 45.1 Å². The van der Waals surface area contributed by atoms with Crippen molar-refractivity contribution in [3.8, 4) is 5.75 Å². The molecule has 124 valence electrons. The maximum atomic E-state index is 12.8. The molecule has 3 nitrogen and oxygen atoms in total. The number of hydrogen-bond donors (Lipinski definition) is 0.